The molecular weight excluding hydrogens is 400 g/mol. The Morgan fingerprint density at radius 1 is 0.844 bits per heavy atom. The molecule has 3 aromatic rings. The molecule has 0 atom stereocenters. The number of piperidine rings is 1. The van der Waals surface area contributed by atoms with Crippen LogP contribution in [-0.4, -0.2) is 32.0 Å². The number of benzene rings is 3. The Morgan fingerprint density at radius 2 is 1.47 bits per heavy atom. The molecule has 3 aromatic carbocycles. The van der Waals surface area contributed by atoms with Gasteiger partial charge >= 0.3 is 0 Å². The van der Waals surface area contributed by atoms with Gasteiger partial charge in [0.25, 0.3) is 11.8 Å². The molecule has 0 aliphatic carbocycles. The van der Waals surface area contributed by atoms with Crippen LogP contribution in [0.3, 0.4) is 0 Å². The van der Waals surface area contributed by atoms with Gasteiger partial charge in [-0.1, -0.05) is 12.1 Å². The van der Waals surface area contributed by atoms with Crippen molar-refractivity contribution in [3.63, 3.8) is 0 Å². The van der Waals surface area contributed by atoms with Crippen LogP contribution in [-0.2, 0) is 0 Å². The predicted octanol–water partition coefficient (Wildman–Crippen LogP) is 4.79. The molecule has 0 aromatic heterocycles. The van der Waals surface area contributed by atoms with E-state index in [1.54, 1.807) is 53.4 Å². The third-order valence-electron chi connectivity index (χ3n) is 5.81. The van der Waals surface area contributed by atoms with Crippen LogP contribution in [0.15, 0.2) is 72.8 Å². The van der Waals surface area contributed by atoms with Crippen molar-refractivity contribution in [1.82, 2.24) is 0 Å². The van der Waals surface area contributed by atoms with E-state index in [1.807, 2.05) is 25.2 Å². The first kappa shape index (κ1) is 21.4. The molecule has 1 aliphatic heterocycles. The van der Waals surface area contributed by atoms with Crippen molar-refractivity contribution < 1.29 is 9.59 Å². The van der Waals surface area contributed by atoms with Gasteiger partial charge in [0, 0.05) is 42.6 Å². The maximum atomic E-state index is 13.2. The first-order valence-corrected chi connectivity index (χ1v) is 10.9. The van der Waals surface area contributed by atoms with E-state index in [4.69, 9.17) is 5.73 Å². The molecule has 1 aliphatic rings. The summed E-state index contributed by atoms with van der Waals surface area (Å²) in [6, 6.07) is 21.7. The number of rotatable bonds is 5. The molecule has 0 radical (unpaired) electrons. The Kier molecular flexibility index (Phi) is 6.40. The fourth-order valence-electron chi connectivity index (χ4n) is 3.99. The molecule has 0 saturated carbocycles. The fraction of sp³-hybridized carbons (Fsp3) is 0.231. The maximum absolute atomic E-state index is 13.2. The van der Waals surface area contributed by atoms with Crippen LogP contribution in [0.4, 0.5) is 22.7 Å². The minimum atomic E-state index is -0.225. The number of nitrogens with one attached hydrogen (secondary N) is 1. The largest absolute Gasteiger partial charge is 0.399 e. The molecule has 1 saturated heterocycles. The van der Waals surface area contributed by atoms with Crippen molar-refractivity contribution >= 4 is 34.6 Å². The summed E-state index contributed by atoms with van der Waals surface area (Å²) in [6.45, 7) is 2.03. The second-order valence-corrected chi connectivity index (χ2v) is 8.05. The highest BCUT2D eigenvalue weighted by atomic mass is 16.2. The molecule has 6 nitrogen and oxygen atoms in total. The van der Waals surface area contributed by atoms with Gasteiger partial charge in [0.15, 0.2) is 0 Å². The molecule has 1 heterocycles. The third-order valence-corrected chi connectivity index (χ3v) is 5.81. The molecule has 0 spiro atoms. The third kappa shape index (κ3) is 4.75. The van der Waals surface area contributed by atoms with E-state index in [2.05, 4.69) is 16.3 Å². The summed E-state index contributed by atoms with van der Waals surface area (Å²) >= 11 is 0. The van der Waals surface area contributed by atoms with Gasteiger partial charge in [0.2, 0.25) is 0 Å². The van der Waals surface area contributed by atoms with Crippen molar-refractivity contribution in [2.45, 2.75) is 19.3 Å². The van der Waals surface area contributed by atoms with Crippen LogP contribution in [0.25, 0.3) is 0 Å². The summed E-state index contributed by atoms with van der Waals surface area (Å²) < 4.78 is 0. The van der Waals surface area contributed by atoms with Gasteiger partial charge in [0.05, 0.1) is 11.4 Å². The predicted molar refractivity (Wildman–Crippen MR) is 130 cm³/mol. The topological polar surface area (TPSA) is 78.7 Å². The van der Waals surface area contributed by atoms with E-state index in [-0.39, 0.29) is 11.8 Å². The number of hydrogen-bond donors (Lipinski definition) is 2. The van der Waals surface area contributed by atoms with Gasteiger partial charge in [-0.05, 0) is 79.9 Å². The molecule has 164 valence electrons. The summed E-state index contributed by atoms with van der Waals surface area (Å²) in [7, 11) is 1.81. The first-order valence-electron chi connectivity index (χ1n) is 10.9. The van der Waals surface area contributed by atoms with Crippen LogP contribution >= 0.6 is 0 Å². The van der Waals surface area contributed by atoms with Gasteiger partial charge in [-0.15, -0.1) is 0 Å². The summed E-state index contributed by atoms with van der Waals surface area (Å²) in [6.07, 6.45) is 3.61. The summed E-state index contributed by atoms with van der Waals surface area (Å²) in [5.74, 6) is -0.317. The van der Waals surface area contributed by atoms with E-state index < -0.39 is 0 Å². The van der Waals surface area contributed by atoms with E-state index in [0.29, 0.717) is 22.5 Å². The van der Waals surface area contributed by atoms with Crippen molar-refractivity contribution in [3.05, 3.63) is 83.9 Å². The average molecular weight is 429 g/mol. The average Bonchev–Trinajstić information content (AvgIpc) is 2.84. The standard InChI is InChI=1S/C26H28N4O2/c1-29(23-7-3-4-8-24(23)30-17-5-2-6-18-30)26(32)20-11-15-22(16-12-20)28-25(31)19-9-13-21(27)14-10-19/h3-4,7-16H,2,5-6,17-18,27H2,1H3,(H,28,31). The van der Waals surface area contributed by atoms with Gasteiger partial charge in [-0.25, -0.2) is 0 Å². The van der Waals surface area contributed by atoms with Crippen LogP contribution in [0.1, 0.15) is 40.0 Å². The Bertz CT molecular complexity index is 1090. The van der Waals surface area contributed by atoms with Crippen LogP contribution < -0.4 is 20.9 Å². The zero-order valence-electron chi connectivity index (χ0n) is 18.3. The Balaban J connectivity index is 1.47. The Labute approximate surface area is 188 Å². The van der Waals surface area contributed by atoms with Crippen LogP contribution in [0, 0.1) is 0 Å². The highest BCUT2D eigenvalue weighted by molar-refractivity contribution is 6.08. The highest BCUT2D eigenvalue weighted by Gasteiger charge is 2.20. The number of amides is 2. The van der Waals surface area contributed by atoms with E-state index >= 15 is 0 Å². The van der Waals surface area contributed by atoms with Crippen molar-refractivity contribution in [3.8, 4) is 0 Å². The quantitative estimate of drug-likeness (QED) is 0.573. The van der Waals surface area contributed by atoms with E-state index in [9.17, 15) is 9.59 Å². The van der Waals surface area contributed by atoms with Gasteiger partial charge < -0.3 is 20.9 Å². The number of nitrogens with two attached hydrogens (primary N) is 1. The summed E-state index contributed by atoms with van der Waals surface area (Å²) in [5.41, 5.74) is 9.98. The smallest absolute Gasteiger partial charge is 0.258 e. The normalized spacial score (nSPS) is 13.5. The molecule has 0 bridgehead atoms. The van der Waals surface area contributed by atoms with Crippen molar-refractivity contribution in [2.75, 3.05) is 41.0 Å². The number of para-hydroxylation sites is 2. The number of carbonyl (C=O) groups excluding carboxylic acids is 2. The van der Waals surface area contributed by atoms with E-state index in [1.165, 1.54) is 19.3 Å². The molecule has 0 unspecified atom stereocenters. The fourth-order valence-corrected chi connectivity index (χ4v) is 3.99. The Morgan fingerprint density at radius 3 is 2.16 bits per heavy atom. The second-order valence-electron chi connectivity index (χ2n) is 8.05. The highest BCUT2D eigenvalue weighted by Crippen LogP contribution is 2.31. The van der Waals surface area contributed by atoms with Gasteiger partial charge in [-0.2, -0.15) is 0 Å². The number of hydrogen-bond acceptors (Lipinski definition) is 4. The molecule has 6 heteroatoms. The number of nitrogen functional groups attached to an aromatic ring is 1. The lowest BCUT2D eigenvalue weighted by atomic mass is 10.1. The monoisotopic (exact) mass is 428 g/mol. The van der Waals surface area contributed by atoms with Gasteiger partial charge in [-0.3, -0.25) is 9.59 Å². The number of anilines is 4. The molecule has 2 amide bonds. The lowest BCUT2D eigenvalue weighted by Crippen LogP contribution is -2.33. The SMILES string of the molecule is CN(C(=O)c1ccc(NC(=O)c2ccc(N)cc2)cc1)c1ccccc1N1CCCCC1. The molecule has 32 heavy (non-hydrogen) atoms. The van der Waals surface area contributed by atoms with Gasteiger partial charge in [0.1, 0.15) is 0 Å². The Hall–Kier alpha value is -3.80. The molecule has 4 rings (SSSR count). The lowest BCUT2D eigenvalue weighted by molar-refractivity contribution is 0.0991. The molecule has 1 fully saturated rings. The lowest BCUT2D eigenvalue weighted by Gasteiger charge is -2.32. The molecule has 3 N–H and O–H groups in total. The van der Waals surface area contributed by atoms with Crippen LogP contribution in [0.5, 0.6) is 0 Å². The maximum Gasteiger partial charge on any atom is 0.258 e. The number of carbonyl (C=O) groups is 2. The van der Waals surface area contributed by atoms with Crippen molar-refractivity contribution in [2.24, 2.45) is 0 Å². The second kappa shape index (κ2) is 9.56. The van der Waals surface area contributed by atoms with Crippen LogP contribution in [0.2, 0.25) is 0 Å². The van der Waals surface area contributed by atoms with E-state index in [0.717, 1.165) is 24.5 Å². The first-order chi connectivity index (χ1) is 15.5. The molecular formula is C26H28N4O2. The zero-order valence-corrected chi connectivity index (χ0v) is 18.3. The minimum Gasteiger partial charge on any atom is -0.399 e. The number of nitrogens with zero attached hydrogens (tertiary/aromatic N) is 2. The summed E-state index contributed by atoms with van der Waals surface area (Å²) in [4.78, 5) is 29.6. The zero-order chi connectivity index (χ0) is 22.5. The minimum absolute atomic E-state index is 0.0918. The van der Waals surface area contributed by atoms with Crippen molar-refractivity contribution in [1.29, 1.82) is 0 Å². The summed E-state index contributed by atoms with van der Waals surface area (Å²) in [5, 5.41) is 2.85.